The lowest BCUT2D eigenvalue weighted by atomic mass is 10.1. The van der Waals surface area contributed by atoms with Crippen LogP contribution in [0, 0.1) is 13.8 Å². The minimum absolute atomic E-state index is 0.0261. The number of aryl methyl sites for hydroxylation is 2. The van der Waals surface area contributed by atoms with Gasteiger partial charge in [0.15, 0.2) is 0 Å². The van der Waals surface area contributed by atoms with Gasteiger partial charge >= 0.3 is 0 Å². The maximum atomic E-state index is 12.7. The van der Waals surface area contributed by atoms with Crippen molar-refractivity contribution in [1.82, 2.24) is 0 Å². The van der Waals surface area contributed by atoms with Crippen LogP contribution in [0.2, 0.25) is 0 Å². The molecule has 8 aromatic rings. The van der Waals surface area contributed by atoms with Crippen molar-refractivity contribution < 1.29 is 62.1 Å². The van der Waals surface area contributed by atoms with E-state index in [9.17, 15) is 62.1 Å². The van der Waals surface area contributed by atoms with Crippen molar-refractivity contribution in [3.05, 3.63) is 156 Å². The Labute approximate surface area is 421 Å². The van der Waals surface area contributed by atoms with Crippen LogP contribution < -0.4 is 0 Å². The maximum Gasteiger partial charge on any atom is 0.295 e. The summed E-state index contributed by atoms with van der Waals surface area (Å²) in [7, 11) is -19.4. The number of nitrogens with zero attached hydrogens (tertiary/aromatic N) is 8. The fourth-order valence-electron chi connectivity index (χ4n) is 7.28. The molecule has 0 aliphatic rings. The van der Waals surface area contributed by atoms with Crippen molar-refractivity contribution in [2.24, 2.45) is 40.9 Å². The molecule has 376 valence electrons. The normalized spacial score (nSPS) is 13.0. The first-order chi connectivity index (χ1) is 34.8. The van der Waals surface area contributed by atoms with Gasteiger partial charge in [-0.15, -0.1) is 20.5 Å². The van der Waals surface area contributed by atoms with E-state index in [0.29, 0.717) is 33.3 Å². The van der Waals surface area contributed by atoms with Gasteiger partial charge in [-0.05, 0) is 145 Å². The van der Waals surface area contributed by atoms with Crippen molar-refractivity contribution in [2.45, 2.75) is 33.4 Å². The lowest BCUT2D eigenvalue weighted by Crippen LogP contribution is -2.01. The van der Waals surface area contributed by atoms with E-state index >= 15 is 0 Å². The molecule has 0 aliphatic carbocycles. The van der Waals surface area contributed by atoms with Crippen LogP contribution in [0.4, 0.5) is 45.5 Å². The number of hydrogen-bond acceptors (Lipinski definition) is 18. The molecule has 0 aliphatic heterocycles. The zero-order valence-electron chi connectivity index (χ0n) is 38.0. The molecule has 0 amide bonds. The molecule has 74 heavy (non-hydrogen) atoms. The van der Waals surface area contributed by atoms with E-state index in [0.717, 1.165) is 48.6 Å². The fourth-order valence-corrected chi connectivity index (χ4v) is 9.70. The van der Waals surface area contributed by atoms with Gasteiger partial charge in [0.25, 0.3) is 40.5 Å². The van der Waals surface area contributed by atoms with E-state index in [4.69, 9.17) is 0 Å². The third-order valence-corrected chi connectivity index (χ3v) is 14.4. The van der Waals surface area contributed by atoms with Crippen LogP contribution in [0.25, 0.3) is 33.7 Å². The Hall–Kier alpha value is -8.34. The molecule has 0 unspecified atom stereocenters. The zero-order chi connectivity index (χ0) is 53.3. The fraction of sp³-hybridized carbons (Fsp3) is 0.0417. The smallest absolute Gasteiger partial charge is 0.295 e. The Balaban J connectivity index is 1.10. The monoisotopic (exact) mass is 1080 g/mol. The predicted octanol–water partition coefficient (Wildman–Crippen LogP) is 12.8. The summed E-state index contributed by atoms with van der Waals surface area (Å²) in [5, 5.41) is 54.1. The minimum Gasteiger partial charge on any atom is -0.508 e. The number of hydrogen-bond donors (Lipinski definition) is 6. The molecule has 0 saturated heterocycles. The summed E-state index contributed by atoms with van der Waals surface area (Å²) < 4.78 is 139. The van der Waals surface area contributed by atoms with Gasteiger partial charge in [-0.3, -0.25) is 18.2 Å². The van der Waals surface area contributed by atoms with E-state index in [2.05, 4.69) is 40.9 Å². The summed E-state index contributed by atoms with van der Waals surface area (Å²) in [5.41, 5.74) is 2.10. The van der Waals surface area contributed by atoms with E-state index < -0.39 is 60.1 Å². The van der Waals surface area contributed by atoms with E-state index in [1.165, 1.54) is 84.9 Å². The van der Waals surface area contributed by atoms with Crippen molar-refractivity contribution in [2.75, 3.05) is 0 Å². The molecular weight excluding hydrogens is 1040 g/mol. The van der Waals surface area contributed by atoms with Gasteiger partial charge in [0.1, 0.15) is 21.3 Å². The molecular formula is C48H36N8O14S4. The molecule has 0 radical (unpaired) electrons. The van der Waals surface area contributed by atoms with Gasteiger partial charge in [0.2, 0.25) is 0 Å². The molecule has 26 heteroatoms. The third-order valence-electron chi connectivity index (χ3n) is 10.9. The molecule has 22 nitrogen and oxygen atoms in total. The molecule has 0 fully saturated rings. The van der Waals surface area contributed by atoms with Crippen LogP contribution in [0.15, 0.2) is 194 Å². The first-order valence-electron chi connectivity index (χ1n) is 21.1. The summed E-state index contributed by atoms with van der Waals surface area (Å²) in [5.74, 6) is 0.0523. The van der Waals surface area contributed by atoms with E-state index in [1.54, 1.807) is 26.0 Å². The zero-order valence-corrected chi connectivity index (χ0v) is 41.3. The lowest BCUT2D eigenvalue weighted by molar-refractivity contribution is 0.474. The second-order valence-electron chi connectivity index (χ2n) is 16.0. The van der Waals surface area contributed by atoms with E-state index in [1.807, 2.05) is 0 Å². The number of fused-ring (bicyclic) bond motifs is 2. The molecule has 6 N–H and O–H groups in total. The van der Waals surface area contributed by atoms with Gasteiger partial charge < -0.3 is 10.2 Å². The average Bonchev–Trinajstić information content (AvgIpc) is 3.33. The Bertz CT molecular complexity index is 3990. The number of rotatable bonds is 14. The van der Waals surface area contributed by atoms with Gasteiger partial charge in [-0.25, -0.2) is 0 Å². The highest BCUT2D eigenvalue weighted by atomic mass is 32.2. The molecule has 8 rings (SSSR count). The standard InChI is InChI=1S/C48H36N8O14S4/c1-27-21-33(57)9-15-41(27)51-55-43-17-19-45(39-25-35(71(59,60)61)11-13-37(39)43)53-49-31-7-5-29(47(23-31)73(65,66)67)3-4-30-6-8-32(24-48(30)74(68,69)70)50-54-46-20-18-44(56-52-42-16-10-34(58)22-28(42)2)38-14-12-36(26-40(38)46)72(62,63)64/h3-26,57-58H,1-2H3,(H,59,60,61)(H,62,63,64)(H,65,66,67)(H,68,69,70)/b4-3+,53-49?,54-50?,55-51?,56-52?. The van der Waals surface area contributed by atoms with Crippen molar-refractivity contribution in [3.63, 3.8) is 0 Å². The second-order valence-corrected chi connectivity index (χ2v) is 21.7. The van der Waals surface area contributed by atoms with Crippen molar-refractivity contribution in [1.29, 1.82) is 0 Å². The molecule has 0 spiro atoms. The molecule has 0 bridgehead atoms. The number of aromatic hydroxyl groups is 2. The van der Waals surface area contributed by atoms with Gasteiger partial charge in [-0.1, -0.05) is 36.4 Å². The highest BCUT2D eigenvalue weighted by molar-refractivity contribution is 7.86. The highest BCUT2D eigenvalue weighted by Crippen LogP contribution is 2.40. The summed E-state index contributed by atoms with van der Waals surface area (Å²) in [6.07, 6.45) is 2.26. The first-order valence-corrected chi connectivity index (χ1v) is 26.8. The van der Waals surface area contributed by atoms with Crippen LogP contribution in [0.5, 0.6) is 11.5 Å². The Morgan fingerprint density at radius 3 is 1.00 bits per heavy atom. The van der Waals surface area contributed by atoms with Crippen LogP contribution >= 0.6 is 0 Å². The van der Waals surface area contributed by atoms with Crippen molar-refractivity contribution in [3.8, 4) is 11.5 Å². The Morgan fingerprint density at radius 1 is 0.338 bits per heavy atom. The maximum absolute atomic E-state index is 12.7. The molecule has 0 saturated carbocycles. The molecule has 0 atom stereocenters. The van der Waals surface area contributed by atoms with Gasteiger partial charge in [0.05, 0.1) is 55.3 Å². The van der Waals surface area contributed by atoms with Crippen LogP contribution in [0.3, 0.4) is 0 Å². The van der Waals surface area contributed by atoms with Crippen LogP contribution in [-0.2, 0) is 40.5 Å². The minimum atomic E-state index is -5.01. The Kier molecular flexibility index (Phi) is 14.3. The largest absolute Gasteiger partial charge is 0.508 e. The van der Waals surface area contributed by atoms with Gasteiger partial charge in [-0.2, -0.15) is 54.1 Å². The summed E-state index contributed by atoms with van der Waals surface area (Å²) >= 11 is 0. The van der Waals surface area contributed by atoms with Crippen LogP contribution in [-0.4, -0.2) is 62.1 Å². The molecule has 0 heterocycles. The van der Waals surface area contributed by atoms with Crippen molar-refractivity contribution >= 4 is 120 Å². The number of azo groups is 4. The molecule has 0 aromatic heterocycles. The number of phenolic OH excluding ortho intramolecular Hbond substituents is 2. The summed E-state index contributed by atoms with van der Waals surface area (Å²) in [4.78, 5) is -2.36. The average molecular weight is 1080 g/mol. The van der Waals surface area contributed by atoms with E-state index in [-0.39, 0.29) is 67.5 Å². The van der Waals surface area contributed by atoms with Gasteiger partial charge in [0, 0.05) is 21.5 Å². The second kappa shape index (κ2) is 20.3. The van der Waals surface area contributed by atoms with Crippen LogP contribution in [0.1, 0.15) is 22.3 Å². The number of benzene rings is 8. The quantitative estimate of drug-likeness (QED) is 0.0335. The molecule has 8 aromatic carbocycles. The topological polar surface area (TPSA) is 357 Å². The summed E-state index contributed by atoms with van der Waals surface area (Å²) in [6, 6.07) is 28.9. The first kappa shape index (κ1) is 52.0. The highest BCUT2D eigenvalue weighted by Gasteiger charge is 2.20. The lowest BCUT2D eigenvalue weighted by Gasteiger charge is -2.08. The third kappa shape index (κ3) is 11.9. The summed E-state index contributed by atoms with van der Waals surface area (Å²) in [6.45, 7) is 3.42. The Morgan fingerprint density at radius 2 is 0.662 bits per heavy atom. The predicted molar refractivity (Wildman–Crippen MR) is 271 cm³/mol. The SMILES string of the molecule is Cc1cc(O)ccc1N=Nc1ccc(N=Nc2ccc(/C=C/c3ccc(N=Nc4ccc(N=Nc5ccc(O)cc5C)c5ccc(S(=O)(=O)O)cc45)cc3S(=O)(=O)O)c(S(=O)(=O)O)c2)c2cc(S(=O)(=O)O)ccc12. The number of phenols is 2.